The van der Waals surface area contributed by atoms with Gasteiger partial charge in [0.05, 0.1) is 6.04 Å². The van der Waals surface area contributed by atoms with Crippen LogP contribution in [0.3, 0.4) is 0 Å². The molecule has 0 fully saturated rings. The second kappa shape index (κ2) is 5.15. The molecule has 1 atom stereocenters. The smallest absolute Gasteiger partial charge is 0.268 e. The molecule has 0 aromatic heterocycles. The second-order valence-electron chi connectivity index (χ2n) is 4.65. The van der Waals surface area contributed by atoms with Gasteiger partial charge < -0.3 is 0 Å². The van der Waals surface area contributed by atoms with Crippen LogP contribution < -0.4 is 4.72 Å². The summed E-state index contributed by atoms with van der Waals surface area (Å²) in [5, 5.41) is 0.580. The van der Waals surface area contributed by atoms with E-state index in [0.717, 1.165) is 23.1 Å². The van der Waals surface area contributed by atoms with Gasteiger partial charge in [0.15, 0.2) is 0 Å². The molecule has 1 unspecified atom stereocenters. The zero-order chi connectivity index (χ0) is 14.2. The van der Waals surface area contributed by atoms with Gasteiger partial charge in [-0.1, -0.05) is 30.7 Å². The first-order valence-electron chi connectivity index (χ1n) is 6.07. The van der Waals surface area contributed by atoms with Crippen molar-refractivity contribution in [3.63, 3.8) is 0 Å². The van der Waals surface area contributed by atoms with Crippen molar-refractivity contribution in [2.45, 2.75) is 26.3 Å². The summed E-state index contributed by atoms with van der Waals surface area (Å²) >= 11 is 6.24. The van der Waals surface area contributed by atoms with E-state index >= 15 is 0 Å². The Kier molecular flexibility index (Phi) is 3.90. The number of hydrogen-bond donors (Lipinski definition) is 1. The van der Waals surface area contributed by atoms with Crippen molar-refractivity contribution in [3.8, 4) is 0 Å². The van der Waals surface area contributed by atoms with Crippen LogP contribution in [0.25, 0.3) is 0 Å². The van der Waals surface area contributed by atoms with E-state index in [0.29, 0.717) is 5.02 Å². The highest BCUT2D eigenvalue weighted by atomic mass is 35.5. The topological polar surface area (TPSA) is 49.4 Å². The maximum absolute atomic E-state index is 11.9. The largest absolute Gasteiger partial charge is 0.301 e. The van der Waals surface area contributed by atoms with Crippen molar-refractivity contribution < 1.29 is 8.42 Å². The van der Waals surface area contributed by atoms with Crippen molar-refractivity contribution >= 4 is 21.8 Å². The van der Waals surface area contributed by atoms with E-state index in [9.17, 15) is 8.42 Å². The highest BCUT2D eigenvalue weighted by Crippen LogP contribution is 2.33. The number of rotatable bonds is 2. The zero-order valence-electron chi connectivity index (χ0n) is 11.1. The minimum atomic E-state index is -3.48. The summed E-state index contributed by atoms with van der Waals surface area (Å²) in [5.74, 6) is 0. The molecular formula is C13H17ClN2O2S. The van der Waals surface area contributed by atoms with E-state index in [-0.39, 0.29) is 6.04 Å². The Morgan fingerprint density at radius 1 is 1.42 bits per heavy atom. The third-order valence-electron chi connectivity index (χ3n) is 3.24. The van der Waals surface area contributed by atoms with Crippen LogP contribution in [0.5, 0.6) is 0 Å². The number of benzene rings is 1. The monoisotopic (exact) mass is 300 g/mol. The van der Waals surface area contributed by atoms with Gasteiger partial charge in [-0.25, -0.2) is 0 Å². The number of nitrogens with one attached hydrogen (secondary N) is 1. The van der Waals surface area contributed by atoms with Crippen LogP contribution in [-0.2, 0) is 10.2 Å². The molecule has 1 aromatic carbocycles. The van der Waals surface area contributed by atoms with Crippen LogP contribution in [0.2, 0.25) is 5.02 Å². The lowest BCUT2D eigenvalue weighted by Gasteiger charge is -2.31. The van der Waals surface area contributed by atoms with E-state index in [4.69, 9.17) is 11.6 Å². The number of hydrogen-bond acceptors (Lipinski definition) is 2. The van der Waals surface area contributed by atoms with Crippen LogP contribution in [0.15, 0.2) is 30.0 Å². The number of nitrogens with zero attached hydrogens (tertiary/aromatic N) is 1. The summed E-state index contributed by atoms with van der Waals surface area (Å²) < 4.78 is 27.7. The Hall–Kier alpha value is -1.04. The molecule has 1 aliphatic rings. The standard InChI is InChI=1S/C13H17ClN2O2S/c1-4-10-8-16(3)19(17,18)15-13(10)11-6-5-9(2)7-12(11)14/h5-8,13,15H,4H2,1-3H3. The molecule has 1 aliphatic heterocycles. The highest BCUT2D eigenvalue weighted by Gasteiger charge is 2.30. The summed E-state index contributed by atoms with van der Waals surface area (Å²) in [7, 11) is -1.96. The Morgan fingerprint density at radius 2 is 2.11 bits per heavy atom. The second-order valence-corrected chi connectivity index (χ2v) is 6.82. The molecule has 6 heteroatoms. The molecule has 0 saturated carbocycles. The molecule has 1 aromatic rings. The molecule has 2 rings (SSSR count). The van der Waals surface area contributed by atoms with Gasteiger partial charge in [-0.15, -0.1) is 0 Å². The Morgan fingerprint density at radius 3 is 2.68 bits per heavy atom. The molecule has 0 bridgehead atoms. The highest BCUT2D eigenvalue weighted by molar-refractivity contribution is 7.87. The fraction of sp³-hybridized carbons (Fsp3) is 0.385. The Balaban J connectivity index is 2.51. The molecule has 19 heavy (non-hydrogen) atoms. The minimum Gasteiger partial charge on any atom is -0.268 e. The van der Waals surface area contributed by atoms with Gasteiger partial charge in [0, 0.05) is 18.3 Å². The minimum absolute atomic E-state index is 0.390. The van der Waals surface area contributed by atoms with E-state index < -0.39 is 10.2 Å². The quantitative estimate of drug-likeness (QED) is 0.913. The molecule has 0 saturated heterocycles. The summed E-state index contributed by atoms with van der Waals surface area (Å²) in [6, 6.07) is 5.26. The molecule has 104 valence electrons. The van der Waals surface area contributed by atoms with Crippen LogP contribution in [0.4, 0.5) is 0 Å². The van der Waals surface area contributed by atoms with Gasteiger partial charge in [0.2, 0.25) is 0 Å². The normalized spacial score (nSPS) is 22.2. The van der Waals surface area contributed by atoms with Gasteiger partial charge >= 0.3 is 10.2 Å². The lowest BCUT2D eigenvalue weighted by Crippen LogP contribution is -2.42. The van der Waals surface area contributed by atoms with Gasteiger partial charge in [0.1, 0.15) is 0 Å². The predicted octanol–water partition coefficient (Wildman–Crippen LogP) is 2.76. The third-order valence-corrected chi connectivity index (χ3v) is 4.96. The SMILES string of the molecule is CCC1=CN(C)S(=O)(=O)NC1c1ccc(C)cc1Cl. The van der Waals surface area contributed by atoms with E-state index in [2.05, 4.69) is 4.72 Å². The molecule has 0 amide bonds. The summed E-state index contributed by atoms with van der Waals surface area (Å²) in [5.41, 5.74) is 2.83. The molecule has 1 N–H and O–H groups in total. The van der Waals surface area contributed by atoms with Crippen LogP contribution in [0, 0.1) is 6.92 Å². The maximum Gasteiger partial charge on any atom is 0.301 e. The fourth-order valence-corrected chi connectivity index (χ4v) is 3.47. The number of aryl methyl sites for hydroxylation is 1. The van der Waals surface area contributed by atoms with E-state index in [1.54, 1.807) is 6.20 Å². The maximum atomic E-state index is 11.9. The predicted molar refractivity (Wildman–Crippen MR) is 77.1 cm³/mol. The lowest BCUT2D eigenvalue weighted by atomic mass is 9.97. The Labute approximate surface area is 119 Å². The first-order chi connectivity index (χ1) is 8.85. The molecule has 0 radical (unpaired) electrons. The van der Waals surface area contributed by atoms with Crippen molar-refractivity contribution in [3.05, 3.63) is 46.1 Å². The molecule has 0 aliphatic carbocycles. The molecular weight excluding hydrogens is 284 g/mol. The van der Waals surface area contributed by atoms with Crippen molar-refractivity contribution in [1.29, 1.82) is 0 Å². The first kappa shape index (κ1) is 14.4. The number of halogens is 1. The van der Waals surface area contributed by atoms with Crippen molar-refractivity contribution in [1.82, 2.24) is 9.03 Å². The molecule has 1 heterocycles. The molecule has 4 nitrogen and oxygen atoms in total. The lowest BCUT2D eigenvalue weighted by molar-refractivity contribution is 0.491. The van der Waals surface area contributed by atoms with E-state index in [1.165, 1.54) is 11.4 Å². The average molecular weight is 301 g/mol. The fourth-order valence-electron chi connectivity index (χ4n) is 2.11. The van der Waals surface area contributed by atoms with Gasteiger partial charge in [-0.2, -0.15) is 13.1 Å². The Bertz CT molecular complexity index is 626. The van der Waals surface area contributed by atoms with Crippen LogP contribution in [-0.4, -0.2) is 19.8 Å². The van der Waals surface area contributed by atoms with Gasteiger partial charge in [-0.05, 0) is 36.1 Å². The van der Waals surface area contributed by atoms with Crippen molar-refractivity contribution in [2.24, 2.45) is 0 Å². The summed E-state index contributed by atoms with van der Waals surface area (Å²) in [6.45, 7) is 3.94. The van der Waals surface area contributed by atoms with Crippen LogP contribution >= 0.6 is 11.6 Å². The summed E-state index contributed by atoms with van der Waals surface area (Å²) in [6.07, 6.45) is 2.41. The first-order valence-corrected chi connectivity index (χ1v) is 7.89. The molecule has 0 spiro atoms. The van der Waals surface area contributed by atoms with Gasteiger partial charge in [0.25, 0.3) is 0 Å². The zero-order valence-corrected chi connectivity index (χ0v) is 12.7. The summed E-state index contributed by atoms with van der Waals surface area (Å²) in [4.78, 5) is 0. The van der Waals surface area contributed by atoms with Gasteiger partial charge in [-0.3, -0.25) is 4.31 Å². The average Bonchev–Trinajstić information content (AvgIpc) is 2.32. The van der Waals surface area contributed by atoms with E-state index in [1.807, 2.05) is 32.0 Å². The van der Waals surface area contributed by atoms with Crippen LogP contribution in [0.1, 0.15) is 30.5 Å². The van der Waals surface area contributed by atoms with Crippen molar-refractivity contribution in [2.75, 3.05) is 7.05 Å². The third kappa shape index (κ3) is 2.78.